The second-order valence-electron chi connectivity index (χ2n) is 2.79. The molecule has 0 saturated carbocycles. The van der Waals surface area contributed by atoms with E-state index in [1.54, 1.807) is 12.3 Å². The fraction of sp³-hybridized carbons (Fsp3) is 0. The first-order valence-corrected chi connectivity index (χ1v) is 4.09. The molecule has 0 bridgehead atoms. The third-order valence-corrected chi connectivity index (χ3v) is 1.91. The summed E-state index contributed by atoms with van der Waals surface area (Å²) in [6.45, 7) is 0. The molecule has 0 aliphatic carbocycles. The number of benzene rings is 1. The number of nitrogens with zero attached hydrogens (tertiary/aromatic N) is 1. The lowest BCUT2D eigenvalue weighted by Gasteiger charge is -1.99. The smallest absolute Gasteiger partial charge is 0.0177 e. The van der Waals surface area contributed by atoms with Crippen LogP contribution in [0.25, 0.3) is 17.0 Å². The maximum Gasteiger partial charge on any atom is 0.0177 e. The van der Waals surface area contributed by atoms with Gasteiger partial charge in [0.2, 0.25) is 0 Å². The van der Waals surface area contributed by atoms with Crippen molar-refractivity contribution in [3.05, 3.63) is 42.1 Å². The maximum atomic E-state index is 6.86. The average Bonchev–Trinajstić information content (AvgIpc) is 2.61. The topological polar surface area (TPSA) is 38.0 Å². The molecule has 2 nitrogen and oxygen atoms in total. The number of hydrogen-bond donors (Lipinski definition) is 1. The molecule has 0 amide bonds. The molecule has 1 aromatic carbocycles. The Balaban J connectivity index is 2.47. The number of nitrogens with one attached hydrogen (secondary N) is 1. The van der Waals surface area contributed by atoms with Crippen LogP contribution < -0.4 is 4.98 Å². The van der Waals surface area contributed by atoms with Crippen LogP contribution >= 0.6 is 0 Å². The molecule has 13 heavy (non-hydrogen) atoms. The van der Waals surface area contributed by atoms with Gasteiger partial charge in [-0.1, -0.05) is 30.3 Å². The third-order valence-electron chi connectivity index (χ3n) is 1.91. The SMILES string of the molecule is N=C/C=C\c1ccc2cc[n-]c2c1. The number of rotatable bonds is 2. The summed E-state index contributed by atoms with van der Waals surface area (Å²) in [6.07, 6.45) is 6.66. The maximum absolute atomic E-state index is 6.86. The highest BCUT2D eigenvalue weighted by molar-refractivity contribution is 5.83. The van der Waals surface area contributed by atoms with E-state index in [9.17, 15) is 0 Å². The predicted octanol–water partition coefficient (Wildman–Crippen LogP) is 2.46. The molecule has 0 fully saturated rings. The molecule has 2 rings (SSSR count). The molecule has 1 N–H and O–H groups in total. The van der Waals surface area contributed by atoms with Crippen LogP contribution in [0.15, 0.2) is 36.5 Å². The van der Waals surface area contributed by atoms with Crippen LogP contribution in [0, 0.1) is 5.41 Å². The van der Waals surface area contributed by atoms with Crippen LogP contribution in [0.4, 0.5) is 0 Å². The Morgan fingerprint density at radius 3 is 3.00 bits per heavy atom. The number of allylic oxidation sites excluding steroid dienone is 1. The molecule has 0 spiro atoms. The molecule has 0 saturated heterocycles. The second-order valence-corrected chi connectivity index (χ2v) is 2.79. The summed E-state index contributed by atoms with van der Waals surface area (Å²) in [4.78, 5) is 4.20. The largest absolute Gasteiger partial charge is 0.664 e. The van der Waals surface area contributed by atoms with Crippen molar-refractivity contribution in [2.45, 2.75) is 0 Å². The van der Waals surface area contributed by atoms with E-state index >= 15 is 0 Å². The minimum absolute atomic E-state index is 1.01. The van der Waals surface area contributed by atoms with Gasteiger partial charge < -0.3 is 10.4 Å². The molecule has 1 heterocycles. The monoisotopic (exact) mass is 169 g/mol. The minimum Gasteiger partial charge on any atom is -0.664 e. The average molecular weight is 169 g/mol. The zero-order valence-corrected chi connectivity index (χ0v) is 7.07. The van der Waals surface area contributed by atoms with Gasteiger partial charge in [-0.2, -0.15) is 6.20 Å². The van der Waals surface area contributed by atoms with E-state index in [1.807, 2.05) is 30.3 Å². The van der Waals surface area contributed by atoms with Crippen molar-refractivity contribution in [1.29, 1.82) is 5.41 Å². The molecule has 2 heteroatoms. The van der Waals surface area contributed by atoms with Crippen molar-refractivity contribution < 1.29 is 0 Å². The second kappa shape index (κ2) is 3.27. The Kier molecular flexibility index (Phi) is 1.96. The van der Waals surface area contributed by atoms with Crippen molar-refractivity contribution in [3.8, 4) is 0 Å². The van der Waals surface area contributed by atoms with E-state index in [2.05, 4.69) is 4.98 Å². The van der Waals surface area contributed by atoms with Gasteiger partial charge in [-0.25, -0.2) is 0 Å². The van der Waals surface area contributed by atoms with E-state index < -0.39 is 0 Å². The first-order valence-electron chi connectivity index (χ1n) is 4.09. The van der Waals surface area contributed by atoms with Crippen molar-refractivity contribution in [2.75, 3.05) is 0 Å². The lowest BCUT2D eigenvalue weighted by atomic mass is 10.1. The first kappa shape index (κ1) is 7.80. The molecule has 1 aromatic heterocycles. The molecule has 0 aliphatic heterocycles. The van der Waals surface area contributed by atoms with E-state index in [4.69, 9.17) is 5.41 Å². The Labute approximate surface area is 76.4 Å². The molecule has 0 atom stereocenters. The zero-order chi connectivity index (χ0) is 9.10. The molecule has 64 valence electrons. The molecule has 2 aromatic rings. The lowest BCUT2D eigenvalue weighted by molar-refractivity contribution is 1.43. The fourth-order valence-electron chi connectivity index (χ4n) is 1.27. The van der Waals surface area contributed by atoms with Crippen LogP contribution in [0.5, 0.6) is 0 Å². The molecular formula is C11H9N2-. The van der Waals surface area contributed by atoms with Gasteiger partial charge in [-0.3, -0.25) is 0 Å². The van der Waals surface area contributed by atoms with Crippen LogP contribution in [0.1, 0.15) is 5.56 Å². The number of fused-ring (bicyclic) bond motifs is 1. The van der Waals surface area contributed by atoms with Gasteiger partial charge in [0.15, 0.2) is 0 Å². The lowest BCUT2D eigenvalue weighted by Crippen LogP contribution is -1.74. The first-order chi connectivity index (χ1) is 6.40. The zero-order valence-electron chi connectivity index (χ0n) is 7.07. The van der Waals surface area contributed by atoms with Gasteiger partial charge in [-0.15, -0.1) is 5.52 Å². The molecule has 0 unspecified atom stereocenters. The summed E-state index contributed by atoms with van der Waals surface area (Å²) in [6, 6.07) is 8.05. The van der Waals surface area contributed by atoms with Crippen molar-refractivity contribution >= 4 is 23.2 Å². The summed E-state index contributed by atoms with van der Waals surface area (Å²) in [5.74, 6) is 0. The van der Waals surface area contributed by atoms with Crippen molar-refractivity contribution in [2.24, 2.45) is 0 Å². The van der Waals surface area contributed by atoms with Gasteiger partial charge in [-0.05, 0) is 17.0 Å². The predicted molar refractivity (Wildman–Crippen MR) is 55.1 cm³/mol. The summed E-state index contributed by atoms with van der Waals surface area (Å²) in [5, 5.41) is 8.02. The van der Waals surface area contributed by atoms with E-state index in [-0.39, 0.29) is 0 Å². The van der Waals surface area contributed by atoms with Crippen molar-refractivity contribution in [3.63, 3.8) is 0 Å². The molecule has 0 aliphatic rings. The van der Waals surface area contributed by atoms with E-state index in [0.29, 0.717) is 0 Å². The van der Waals surface area contributed by atoms with Gasteiger partial charge in [0.1, 0.15) is 0 Å². The Morgan fingerprint density at radius 1 is 1.23 bits per heavy atom. The Morgan fingerprint density at radius 2 is 2.15 bits per heavy atom. The third kappa shape index (κ3) is 1.51. The van der Waals surface area contributed by atoms with Crippen LogP contribution in [0.2, 0.25) is 0 Å². The Hall–Kier alpha value is -1.83. The van der Waals surface area contributed by atoms with Crippen LogP contribution in [0.3, 0.4) is 0 Å². The fourth-order valence-corrected chi connectivity index (χ4v) is 1.27. The summed E-state index contributed by atoms with van der Waals surface area (Å²) < 4.78 is 0. The van der Waals surface area contributed by atoms with Crippen LogP contribution in [-0.4, -0.2) is 6.21 Å². The summed E-state index contributed by atoms with van der Waals surface area (Å²) in [5.41, 5.74) is 2.09. The normalized spacial score (nSPS) is 11.1. The molecular weight excluding hydrogens is 160 g/mol. The number of hydrogen-bond acceptors (Lipinski definition) is 1. The quantitative estimate of drug-likeness (QED) is 0.689. The highest BCUT2D eigenvalue weighted by atomic mass is 14.7. The minimum atomic E-state index is 1.01. The summed E-state index contributed by atoms with van der Waals surface area (Å²) in [7, 11) is 0. The standard InChI is InChI=1S/C11H9N2/c12-6-1-2-9-3-4-10-5-7-13-11(10)8-9/h1-8,12H/q-1/b2-1-,12-6?. The van der Waals surface area contributed by atoms with Gasteiger partial charge in [0.25, 0.3) is 0 Å². The van der Waals surface area contributed by atoms with E-state index in [0.717, 1.165) is 16.5 Å². The Bertz CT molecular complexity index is 452. The highest BCUT2D eigenvalue weighted by Crippen LogP contribution is 2.14. The number of aromatic nitrogens is 1. The highest BCUT2D eigenvalue weighted by Gasteiger charge is 1.87. The van der Waals surface area contributed by atoms with Crippen LogP contribution in [-0.2, 0) is 0 Å². The van der Waals surface area contributed by atoms with Gasteiger partial charge >= 0.3 is 0 Å². The van der Waals surface area contributed by atoms with Crippen molar-refractivity contribution in [1.82, 2.24) is 4.98 Å². The van der Waals surface area contributed by atoms with Gasteiger partial charge in [0.05, 0.1) is 0 Å². The molecule has 0 radical (unpaired) electrons. The summed E-state index contributed by atoms with van der Waals surface area (Å²) >= 11 is 0. The van der Waals surface area contributed by atoms with E-state index in [1.165, 1.54) is 6.21 Å². The van der Waals surface area contributed by atoms with Gasteiger partial charge in [0, 0.05) is 6.21 Å².